The summed E-state index contributed by atoms with van der Waals surface area (Å²) in [5.41, 5.74) is 4.61. The Kier molecular flexibility index (Phi) is 5.60. The number of ether oxygens (including phenoxy) is 1. The van der Waals surface area contributed by atoms with Gasteiger partial charge in [0.1, 0.15) is 5.75 Å². The van der Waals surface area contributed by atoms with Gasteiger partial charge < -0.3 is 9.64 Å². The van der Waals surface area contributed by atoms with Gasteiger partial charge in [0, 0.05) is 24.8 Å². The third-order valence-corrected chi connectivity index (χ3v) is 4.60. The first kappa shape index (κ1) is 18.7. The normalized spacial score (nSPS) is 10.7. The van der Waals surface area contributed by atoms with E-state index in [1.807, 2.05) is 81.0 Å². The molecule has 5 nitrogen and oxygen atoms in total. The van der Waals surface area contributed by atoms with E-state index in [2.05, 4.69) is 5.10 Å². The summed E-state index contributed by atoms with van der Waals surface area (Å²) in [4.78, 5) is 14.7. The van der Waals surface area contributed by atoms with Gasteiger partial charge in [-0.25, -0.2) is 4.68 Å². The van der Waals surface area contributed by atoms with Gasteiger partial charge in [0.25, 0.3) is 5.91 Å². The topological polar surface area (TPSA) is 47.4 Å². The minimum Gasteiger partial charge on any atom is -0.493 e. The summed E-state index contributed by atoms with van der Waals surface area (Å²) in [6.07, 6.45) is 0. The minimum atomic E-state index is -0.0645. The second-order valence-electron chi connectivity index (χ2n) is 6.49. The van der Waals surface area contributed by atoms with Gasteiger partial charge in [-0.3, -0.25) is 4.79 Å². The fourth-order valence-corrected chi connectivity index (χ4v) is 3.16. The first-order valence-corrected chi connectivity index (χ1v) is 9.10. The third kappa shape index (κ3) is 3.87. The lowest BCUT2D eigenvalue weighted by molar-refractivity contribution is 0.0780. The number of hydrogen-bond donors (Lipinski definition) is 0. The minimum absolute atomic E-state index is 0.0645. The Hall–Kier alpha value is -3.08. The Morgan fingerprint density at radius 1 is 1.07 bits per heavy atom. The summed E-state index contributed by atoms with van der Waals surface area (Å²) in [5.74, 6) is 0.551. The van der Waals surface area contributed by atoms with Gasteiger partial charge in [-0.2, -0.15) is 5.10 Å². The Balaban J connectivity index is 1.86. The molecular weight excluding hydrogens is 338 g/mol. The lowest BCUT2D eigenvalue weighted by Crippen LogP contribution is -2.27. The zero-order valence-electron chi connectivity index (χ0n) is 16.3. The number of hydrogen-bond acceptors (Lipinski definition) is 3. The molecule has 0 bridgehead atoms. The molecule has 140 valence electrons. The molecule has 0 fully saturated rings. The van der Waals surface area contributed by atoms with Crippen molar-refractivity contribution in [2.24, 2.45) is 0 Å². The first-order valence-electron chi connectivity index (χ1n) is 9.10. The maximum Gasteiger partial charge on any atom is 0.257 e. The quantitative estimate of drug-likeness (QED) is 0.661. The maximum atomic E-state index is 13.0. The van der Waals surface area contributed by atoms with E-state index in [1.165, 1.54) is 0 Å². The van der Waals surface area contributed by atoms with Gasteiger partial charge >= 0.3 is 0 Å². The van der Waals surface area contributed by atoms with Crippen LogP contribution in [0, 0.1) is 13.8 Å². The molecule has 0 aliphatic carbocycles. The van der Waals surface area contributed by atoms with Crippen molar-refractivity contribution in [3.63, 3.8) is 0 Å². The largest absolute Gasteiger partial charge is 0.493 e. The average molecular weight is 363 g/mol. The standard InChI is InChI=1S/C22H25N3O2/c1-5-27-21-14-10-9-13-19(21)22(26)24(4)15-20-16(2)23-25(17(20)3)18-11-7-6-8-12-18/h6-14H,5,15H2,1-4H3. The summed E-state index contributed by atoms with van der Waals surface area (Å²) in [5, 5.41) is 4.67. The molecule has 5 heteroatoms. The smallest absolute Gasteiger partial charge is 0.257 e. The summed E-state index contributed by atoms with van der Waals surface area (Å²) >= 11 is 0. The summed E-state index contributed by atoms with van der Waals surface area (Å²) < 4.78 is 7.53. The van der Waals surface area contributed by atoms with Crippen molar-refractivity contribution in [2.75, 3.05) is 13.7 Å². The monoisotopic (exact) mass is 363 g/mol. The highest BCUT2D eigenvalue weighted by Crippen LogP contribution is 2.23. The van der Waals surface area contributed by atoms with Crippen LogP contribution in [0.3, 0.4) is 0 Å². The van der Waals surface area contributed by atoms with E-state index in [1.54, 1.807) is 11.0 Å². The van der Waals surface area contributed by atoms with Crippen LogP contribution in [-0.2, 0) is 6.54 Å². The Labute approximate surface area is 160 Å². The number of benzene rings is 2. The molecule has 1 heterocycles. The second kappa shape index (κ2) is 8.08. The number of nitrogens with zero attached hydrogens (tertiary/aromatic N) is 3. The molecule has 0 saturated carbocycles. The van der Waals surface area contributed by atoms with Crippen LogP contribution >= 0.6 is 0 Å². The molecular formula is C22H25N3O2. The van der Waals surface area contributed by atoms with Gasteiger partial charge in [-0.1, -0.05) is 30.3 Å². The Bertz CT molecular complexity index is 932. The lowest BCUT2D eigenvalue weighted by atomic mass is 10.1. The van der Waals surface area contributed by atoms with Crippen LogP contribution in [0.25, 0.3) is 5.69 Å². The number of amides is 1. The van der Waals surface area contributed by atoms with Gasteiger partial charge in [-0.05, 0) is 45.0 Å². The molecule has 0 aliphatic heterocycles. The van der Waals surface area contributed by atoms with Crippen LogP contribution < -0.4 is 4.74 Å². The van der Waals surface area contributed by atoms with Crippen LogP contribution in [-0.4, -0.2) is 34.2 Å². The SMILES string of the molecule is CCOc1ccccc1C(=O)N(C)Cc1c(C)nn(-c2ccccc2)c1C. The number of aromatic nitrogens is 2. The van der Waals surface area contributed by atoms with E-state index in [-0.39, 0.29) is 5.91 Å². The van der Waals surface area contributed by atoms with Gasteiger partial charge in [0.2, 0.25) is 0 Å². The number of carbonyl (C=O) groups is 1. The molecule has 2 aromatic carbocycles. The Morgan fingerprint density at radius 2 is 1.74 bits per heavy atom. The number of rotatable bonds is 6. The zero-order chi connectivity index (χ0) is 19.4. The van der Waals surface area contributed by atoms with Crippen molar-refractivity contribution >= 4 is 5.91 Å². The summed E-state index contributed by atoms with van der Waals surface area (Å²) in [7, 11) is 1.81. The molecule has 0 N–H and O–H groups in total. The van der Waals surface area contributed by atoms with E-state index >= 15 is 0 Å². The zero-order valence-corrected chi connectivity index (χ0v) is 16.3. The predicted molar refractivity (Wildman–Crippen MR) is 106 cm³/mol. The molecule has 0 unspecified atom stereocenters. The predicted octanol–water partition coefficient (Wildman–Crippen LogP) is 4.16. The van der Waals surface area contributed by atoms with E-state index in [0.29, 0.717) is 24.5 Å². The molecule has 0 saturated heterocycles. The highest BCUT2D eigenvalue weighted by Gasteiger charge is 2.20. The summed E-state index contributed by atoms with van der Waals surface area (Å²) in [6, 6.07) is 17.4. The number of aryl methyl sites for hydroxylation is 1. The molecule has 0 atom stereocenters. The number of para-hydroxylation sites is 2. The van der Waals surface area contributed by atoms with Gasteiger partial charge in [0.05, 0.1) is 23.6 Å². The van der Waals surface area contributed by atoms with E-state index in [0.717, 1.165) is 22.6 Å². The molecule has 1 amide bonds. The second-order valence-corrected chi connectivity index (χ2v) is 6.49. The molecule has 0 radical (unpaired) electrons. The van der Waals surface area contributed by atoms with Crippen molar-refractivity contribution in [2.45, 2.75) is 27.3 Å². The van der Waals surface area contributed by atoms with Crippen LogP contribution in [0.1, 0.15) is 34.2 Å². The Morgan fingerprint density at radius 3 is 2.44 bits per heavy atom. The highest BCUT2D eigenvalue weighted by molar-refractivity contribution is 5.96. The van der Waals surface area contributed by atoms with E-state index in [4.69, 9.17) is 4.74 Å². The van der Waals surface area contributed by atoms with Crippen molar-refractivity contribution in [3.8, 4) is 11.4 Å². The molecule has 3 rings (SSSR count). The van der Waals surface area contributed by atoms with Gasteiger partial charge in [0.15, 0.2) is 0 Å². The van der Waals surface area contributed by atoms with E-state index < -0.39 is 0 Å². The number of carbonyl (C=O) groups excluding carboxylic acids is 1. The average Bonchev–Trinajstić information content (AvgIpc) is 2.97. The summed E-state index contributed by atoms with van der Waals surface area (Å²) in [6.45, 7) is 6.94. The molecule has 0 spiro atoms. The molecule has 0 aliphatic rings. The van der Waals surface area contributed by atoms with Crippen molar-refractivity contribution in [1.29, 1.82) is 0 Å². The van der Waals surface area contributed by atoms with Crippen LogP contribution in [0.4, 0.5) is 0 Å². The molecule has 3 aromatic rings. The van der Waals surface area contributed by atoms with Crippen molar-refractivity contribution < 1.29 is 9.53 Å². The maximum absolute atomic E-state index is 13.0. The fourth-order valence-electron chi connectivity index (χ4n) is 3.16. The van der Waals surface area contributed by atoms with Crippen molar-refractivity contribution in [1.82, 2.24) is 14.7 Å². The van der Waals surface area contributed by atoms with Crippen LogP contribution in [0.15, 0.2) is 54.6 Å². The van der Waals surface area contributed by atoms with Gasteiger partial charge in [-0.15, -0.1) is 0 Å². The fraction of sp³-hybridized carbons (Fsp3) is 0.273. The van der Waals surface area contributed by atoms with Crippen LogP contribution in [0.2, 0.25) is 0 Å². The first-order chi connectivity index (χ1) is 13.0. The van der Waals surface area contributed by atoms with E-state index in [9.17, 15) is 4.79 Å². The molecule has 27 heavy (non-hydrogen) atoms. The van der Waals surface area contributed by atoms with Crippen molar-refractivity contribution in [3.05, 3.63) is 77.1 Å². The lowest BCUT2D eigenvalue weighted by Gasteiger charge is -2.19. The highest BCUT2D eigenvalue weighted by atomic mass is 16.5. The third-order valence-electron chi connectivity index (χ3n) is 4.60. The van der Waals surface area contributed by atoms with Crippen LogP contribution in [0.5, 0.6) is 5.75 Å². The molecule has 1 aromatic heterocycles.